The number of aromatic nitrogens is 2. The van der Waals surface area contributed by atoms with Crippen molar-refractivity contribution in [2.24, 2.45) is 5.92 Å². The maximum absolute atomic E-state index is 12.0. The van der Waals surface area contributed by atoms with E-state index in [2.05, 4.69) is 15.5 Å². The van der Waals surface area contributed by atoms with Gasteiger partial charge in [-0.15, -0.1) is 0 Å². The van der Waals surface area contributed by atoms with Gasteiger partial charge in [0.2, 0.25) is 5.89 Å². The van der Waals surface area contributed by atoms with Gasteiger partial charge in [0.25, 0.3) is 0 Å². The van der Waals surface area contributed by atoms with Crippen LogP contribution in [0.25, 0.3) is 0 Å². The van der Waals surface area contributed by atoms with E-state index in [0.29, 0.717) is 18.2 Å². The molecule has 1 aromatic rings. The van der Waals surface area contributed by atoms with Crippen LogP contribution in [0.2, 0.25) is 0 Å². The quantitative estimate of drug-likeness (QED) is 0.825. The van der Waals surface area contributed by atoms with Crippen LogP contribution in [-0.2, 0) is 12.8 Å². The Morgan fingerprint density at radius 2 is 2.13 bits per heavy atom. The van der Waals surface area contributed by atoms with Crippen molar-refractivity contribution in [1.29, 1.82) is 0 Å². The summed E-state index contributed by atoms with van der Waals surface area (Å²) >= 11 is 0. The molecule has 1 fully saturated rings. The summed E-state index contributed by atoms with van der Waals surface area (Å²) in [4.78, 5) is 3.69. The number of hydrogen-bond acceptors (Lipinski definition) is 4. The highest BCUT2D eigenvalue weighted by molar-refractivity contribution is 4.92. The molecule has 1 aromatic heterocycles. The van der Waals surface area contributed by atoms with Crippen molar-refractivity contribution >= 4 is 0 Å². The molecule has 0 atom stereocenters. The summed E-state index contributed by atoms with van der Waals surface area (Å²) < 4.78 is 40.6. The Hall–Kier alpha value is -1.11. The number of hydrogen-bond donors (Lipinski definition) is 1. The summed E-state index contributed by atoms with van der Waals surface area (Å²) in [7, 11) is 0. The third kappa shape index (κ3) is 2.92. The zero-order valence-corrected chi connectivity index (χ0v) is 7.84. The molecule has 1 aliphatic heterocycles. The molecule has 0 unspecified atom stereocenters. The van der Waals surface area contributed by atoms with Crippen LogP contribution in [0.15, 0.2) is 4.52 Å². The molecule has 0 bridgehead atoms. The van der Waals surface area contributed by atoms with Crippen molar-refractivity contribution in [3.63, 3.8) is 0 Å². The molecule has 7 heteroatoms. The van der Waals surface area contributed by atoms with Gasteiger partial charge in [0.1, 0.15) is 6.42 Å². The predicted octanol–water partition coefficient (Wildman–Crippen LogP) is 0.936. The number of alkyl halides is 3. The number of nitrogens with zero attached hydrogens (tertiary/aromatic N) is 2. The van der Waals surface area contributed by atoms with Gasteiger partial charge in [0.15, 0.2) is 5.82 Å². The highest BCUT2D eigenvalue weighted by Crippen LogP contribution is 2.20. The van der Waals surface area contributed by atoms with E-state index >= 15 is 0 Å². The molecule has 1 N–H and O–H groups in total. The number of nitrogens with one attached hydrogen (secondary N) is 1. The molecule has 4 nitrogen and oxygen atoms in total. The maximum atomic E-state index is 12.0. The Labute approximate surface area is 83.8 Å². The first-order chi connectivity index (χ1) is 7.03. The second kappa shape index (κ2) is 3.80. The maximum Gasteiger partial charge on any atom is 0.396 e. The van der Waals surface area contributed by atoms with Crippen LogP contribution in [-0.4, -0.2) is 29.4 Å². The Kier molecular flexibility index (Phi) is 2.64. The van der Waals surface area contributed by atoms with E-state index in [-0.39, 0.29) is 5.82 Å². The first-order valence-corrected chi connectivity index (χ1v) is 4.62. The van der Waals surface area contributed by atoms with E-state index in [1.807, 2.05) is 0 Å². The van der Waals surface area contributed by atoms with Crippen LogP contribution in [0.4, 0.5) is 13.2 Å². The van der Waals surface area contributed by atoms with Gasteiger partial charge in [0, 0.05) is 6.42 Å². The van der Waals surface area contributed by atoms with Crippen molar-refractivity contribution in [2.45, 2.75) is 19.0 Å². The fourth-order valence-electron chi connectivity index (χ4n) is 1.36. The summed E-state index contributed by atoms with van der Waals surface area (Å²) in [5, 5.41) is 6.34. The van der Waals surface area contributed by atoms with E-state index in [9.17, 15) is 13.2 Å². The molecule has 15 heavy (non-hydrogen) atoms. The smallest absolute Gasteiger partial charge is 0.339 e. The Bertz CT molecular complexity index is 332. The molecule has 2 heterocycles. The summed E-state index contributed by atoms with van der Waals surface area (Å²) in [6.07, 6.45) is -4.85. The standard InChI is InChI=1S/C8H10F3N3O/c9-8(10,11)2-6-13-7(15-14-6)1-5-3-12-4-5/h5,12H,1-4H2. The zero-order chi connectivity index (χ0) is 10.9. The Balaban J connectivity index is 1.91. The third-order valence-corrected chi connectivity index (χ3v) is 2.20. The lowest BCUT2D eigenvalue weighted by Gasteiger charge is -2.25. The van der Waals surface area contributed by atoms with E-state index in [0.717, 1.165) is 13.1 Å². The molecule has 1 saturated heterocycles. The van der Waals surface area contributed by atoms with Gasteiger partial charge in [-0.25, -0.2) is 0 Å². The van der Waals surface area contributed by atoms with E-state index in [1.54, 1.807) is 0 Å². The fraction of sp³-hybridized carbons (Fsp3) is 0.750. The molecule has 2 rings (SSSR count). The molecule has 0 spiro atoms. The van der Waals surface area contributed by atoms with Crippen molar-refractivity contribution in [3.8, 4) is 0 Å². The second-order valence-corrected chi connectivity index (χ2v) is 3.62. The minimum Gasteiger partial charge on any atom is -0.339 e. The van der Waals surface area contributed by atoms with Crippen LogP contribution >= 0.6 is 0 Å². The lowest BCUT2D eigenvalue weighted by molar-refractivity contribution is -0.128. The Morgan fingerprint density at radius 1 is 1.40 bits per heavy atom. The molecular weight excluding hydrogens is 211 g/mol. The molecule has 0 saturated carbocycles. The average Bonchev–Trinajstić information content (AvgIpc) is 2.42. The summed E-state index contributed by atoms with van der Waals surface area (Å²) in [6, 6.07) is 0. The van der Waals surface area contributed by atoms with E-state index in [4.69, 9.17) is 4.52 Å². The number of rotatable bonds is 3. The van der Waals surface area contributed by atoms with Crippen molar-refractivity contribution in [1.82, 2.24) is 15.5 Å². The van der Waals surface area contributed by atoms with Gasteiger partial charge < -0.3 is 9.84 Å². The van der Waals surface area contributed by atoms with Gasteiger partial charge in [-0.1, -0.05) is 5.16 Å². The zero-order valence-electron chi connectivity index (χ0n) is 7.84. The van der Waals surface area contributed by atoms with Gasteiger partial charge in [-0.05, 0) is 19.0 Å². The topological polar surface area (TPSA) is 51.0 Å². The second-order valence-electron chi connectivity index (χ2n) is 3.62. The summed E-state index contributed by atoms with van der Waals surface area (Å²) in [5.74, 6) is 0.412. The van der Waals surface area contributed by atoms with Crippen molar-refractivity contribution < 1.29 is 17.7 Å². The van der Waals surface area contributed by atoms with Crippen LogP contribution in [0.5, 0.6) is 0 Å². The molecular formula is C8H10F3N3O. The van der Waals surface area contributed by atoms with Crippen LogP contribution in [0.1, 0.15) is 11.7 Å². The number of halogens is 3. The first kappa shape index (κ1) is 10.4. The SMILES string of the molecule is FC(F)(F)Cc1noc(CC2CNC2)n1. The lowest BCUT2D eigenvalue weighted by Crippen LogP contribution is -2.43. The van der Waals surface area contributed by atoms with E-state index < -0.39 is 12.6 Å². The first-order valence-electron chi connectivity index (χ1n) is 4.62. The summed E-state index contributed by atoms with van der Waals surface area (Å²) in [5.41, 5.74) is 0. The fourth-order valence-corrected chi connectivity index (χ4v) is 1.36. The summed E-state index contributed by atoms with van der Waals surface area (Å²) in [6.45, 7) is 1.72. The molecule has 0 aliphatic carbocycles. The molecule has 84 valence electrons. The third-order valence-electron chi connectivity index (χ3n) is 2.20. The molecule has 0 amide bonds. The minimum atomic E-state index is -4.28. The van der Waals surface area contributed by atoms with E-state index in [1.165, 1.54) is 0 Å². The van der Waals surface area contributed by atoms with Gasteiger partial charge in [-0.2, -0.15) is 18.2 Å². The van der Waals surface area contributed by atoms with Crippen LogP contribution in [0.3, 0.4) is 0 Å². The van der Waals surface area contributed by atoms with Crippen LogP contribution in [0, 0.1) is 5.92 Å². The molecule has 0 radical (unpaired) electrons. The van der Waals surface area contributed by atoms with Gasteiger partial charge in [0.05, 0.1) is 0 Å². The van der Waals surface area contributed by atoms with Crippen LogP contribution < -0.4 is 5.32 Å². The van der Waals surface area contributed by atoms with Gasteiger partial charge in [-0.3, -0.25) is 0 Å². The highest BCUT2D eigenvalue weighted by atomic mass is 19.4. The lowest BCUT2D eigenvalue weighted by atomic mass is 10.00. The average molecular weight is 221 g/mol. The highest BCUT2D eigenvalue weighted by Gasteiger charge is 2.31. The largest absolute Gasteiger partial charge is 0.396 e. The van der Waals surface area contributed by atoms with Crippen molar-refractivity contribution in [3.05, 3.63) is 11.7 Å². The minimum absolute atomic E-state index is 0.287. The predicted molar refractivity (Wildman–Crippen MR) is 44.1 cm³/mol. The monoisotopic (exact) mass is 221 g/mol. The van der Waals surface area contributed by atoms with Gasteiger partial charge >= 0.3 is 6.18 Å². The Morgan fingerprint density at radius 3 is 2.67 bits per heavy atom. The normalized spacial score (nSPS) is 17.8. The van der Waals surface area contributed by atoms with Crippen molar-refractivity contribution in [2.75, 3.05) is 13.1 Å². The molecule has 0 aromatic carbocycles. The molecule has 1 aliphatic rings.